The average molecular weight is 212 g/mol. The molecule has 0 fully saturated rings. The van der Waals surface area contributed by atoms with Crippen LogP contribution in [0.25, 0.3) is 0 Å². The Kier molecular flexibility index (Phi) is 2.74. The van der Waals surface area contributed by atoms with Gasteiger partial charge >= 0.3 is 11.9 Å². The molecule has 0 aliphatic heterocycles. The molecule has 4 N–H and O–H groups in total. The maximum atomic E-state index is 10.7. The first-order valence-corrected chi connectivity index (χ1v) is 3.88. The van der Waals surface area contributed by atoms with Crippen LogP contribution in [0.1, 0.15) is 15.9 Å². The van der Waals surface area contributed by atoms with Crippen LogP contribution < -0.4 is 0 Å². The topological polar surface area (TPSA) is 115 Å². The Bertz CT molecular complexity index is 409. The van der Waals surface area contributed by atoms with E-state index in [1.54, 1.807) is 0 Å². The monoisotopic (exact) mass is 212 g/mol. The summed E-state index contributed by atoms with van der Waals surface area (Å²) in [5.74, 6) is -6.56. The van der Waals surface area contributed by atoms with Gasteiger partial charge in [0.25, 0.3) is 5.79 Å². The molecular weight excluding hydrogens is 204 g/mol. The van der Waals surface area contributed by atoms with Gasteiger partial charge in [0.2, 0.25) is 0 Å². The molecule has 0 atom stereocenters. The van der Waals surface area contributed by atoms with Gasteiger partial charge in [-0.05, 0) is 6.07 Å². The number of rotatable bonds is 3. The molecule has 0 saturated carbocycles. The van der Waals surface area contributed by atoms with Crippen LogP contribution >= 0.6 is 0 Å². The van der Waals surface area contributed by atoms with E-state index in [1.807, 2.05) is 0 Å². The van der Waals surface area contributed by atoms with Gasteiger partial charge in [0.1, 0.15) is 0 Å². The summed E-state index contributed by atoms with van der Waals surface area (Å²) in [7, 11) is 0. The smallest absolute Gasteiger partial charge is 0.369 e. The Hall–Kier alpha value is -1.92. The van der Waals surface area contributed by atoms with E-state index in [-0.39, 0.29) is 0 Å². The highest BCUT2D eigenvalue weighted by Crippen LogP contribution is 2.22. The van der Waals surface area contributed by atoms with Gasteiger partial charge in [0.15, 0.2) is 0 Å². The van der Waals surface area contributed by atoms with Crippen molar-refractivity contribution in [3.8, 4) is 0 Å². The third-order valence-electron chi connectivity index (χ3n) is 1.83. The lowest BCUT2D eigenvalue weighted by molar-refractivity contribution is -0.208. The van der Waals surface area contributed by atoms with E-state index in [9.17, 15) is 19.8 Å². The standard InChI is InChI=1S/C9H8O6/c10-7(11)5-3-1-2-4-6(5)9(14,15)8(12)13/h1-4,14-15H,(H,10,11)(H,12,13). The number of aromatic carboxylic acids is 1. The van der Waals surface area contributed by atoms with Crippen molar-refractivity contribution in [2.24, 2.45) is 0 Å². The van der Waals surface area contributed by atoms with Gasteiger partial charge in [-0.25, -0.2) is 9.59 Å². The lowest BCUT2D eigenvalue weighted by atomic mass is 9.99. The van der Waals surface area contributed by atoms with E-state index < -0.39 is 28.9 Å². The molecule has 1 aromatic rings. The first-order chi connectivity index (χ1) is 6.87. The Morgan fingerprint density at radius 3 is 2.07 bits per heavy atom. The fourth-order valence-electron chi connectivity index (χ4n) is 1.09. The van der Waals surface area contributed by atoms with Crippen molar-refractivity contribution in [1.82, 2.24) is 0 Å². The van der Waals surface area contributed by atoms with Gasteiger partial charge < -0.3 is 20.4 Å². The van der Waals surface area contributed by atoms with Crippen LogP contribution in [0, 0.1) is 0 Å². The van der Waals surface area contributed by atoms with E-state index in [0.29, 0.717) is 0 Å². The Balaban J connectivity index is 3.37. The molecular formula is C9H8O6. The van der Waals surface area contributed by atoms with E-state index in [4.69, 9.17) is 10.2 Å². The average Bonchev–Trinajstić information content (AvgIpc) is 2.17. The predicted octanol–water partition coefficient (Wildman–Crippen LogP) is -0.393. The number of carbonyl (C=O) groups is 2. The van der Waals surface area contributed by atoms with Gasteiger partial charge in [-0.15, -0.1) is 0 Å². The summed E-state index contributed by atoms with van der Waals surface area (Å²) in [4.78, 5) is 21.2. The second kappa shape index (κ2) is 3.68. The zero-order valence-electron chi connectivity index (χ0n) is 7.41. The molecule has 0 aromatic heterocycles. The minimum absolute atomic E-state index is 0.468. The quantitative estimate of drug-likeness (QED) is 0.507. The lowest BCUT2D eigenvalue weighted by Gasteiger charge is -2.18. The van der Waals surface area contributed by atoms with Crippen LogP contribution in [0.15, 0.2) is 24.3 Å². The summed E-state index contributed by atoms with van der Waals surface area (Å²) in [6.07, 6.45) is 0. The van der Waals surface area contributed by atoms with E-state index in [2.05, 4.69) is 0 Å². The molecule has 0 heterocycles. The molecule has 15 heavy (non-hydrogen) atoms. The van der Waals surface area contributed by atoms with Crippen molar-refractivity contribution in [2.75, 3.05) is 0 Å². The van der Waals surface area contributed by atoms with Crippen LogP contribution in [0.3, 0.4) is 0 Å². The molecule has 0 spiro atoms. The molecule has 6 nitrogen and oxygen atoms in total. The molecule has 0 amide bonds. The zero-order chi connectivity index (χ0) is 11.6. The summed E-state index contributed by atoms with van der Waals surface area (Å²) in [6.45, 7) is 0. The first-order valence-electron chi connectivity index (χ1n) is 3.88. The molecule has 0 bridgehead atoms. The van der Waals surface area contributed by atoms with Crippen LogP contribution in [-0.2, 0) is 10.6 Å². The van der Waals surface area contributed by atoms with Crippen molar-refractivity contribution in [3.63, 3.8) is 0 Å². The van der Waals surface area contributed by atoms with Crippen LogP contribution in [-0.4, -0.2) is 32.4 Å². The SMILES string of the molecule is O=C(O)c1ccccc1C(O)(O)C(=O)O. The van der Waals surface area contributed by atoms with Gasteiger partial charge in [0, 0.05) is 5.56 Å². The van der Waals surface area contributed by atoms with E-state index in [0.717, 1.165) is 12.1 Å². The number of benzene rings is 1. The number of aliphatic carboxylic acids is 1. The molecule has 0 unspecified atom stereocenters. The number of hydrogen-bond acceptors (Lipinski definition) is 4. The fraction of sp³-hybridized carbons (Fsp3) is 0.111. The summed E-state index contributed by atoms with van der Waals surface area (Å²) >= 11 is 0. The highest BCUT2D eigenvalue weighted by atomic mass is 16.5. The molecule has 1 rings (SSSR count). The zero-order valence-corrected chi connectivity index (χ0v) is 7.41. The van der Waals surface area contributed by atoms with E-state index >= 15 is 0 Å². The summed E-state index contributed by atoms with van der Waals surface area (Å²) in [6, 6.07) is 4.77. The molecule has 0 radical (unpaired) electrons. The maximum absolute atomic E-state index is 10.7. The summed E-state index contributed by atoms with van der Waals surface area (Å²) < 4.78 is 0. The Labute approximate surface area is 84.0 Å². The third-order valence-corrected chi connectivity index (χ3v) is 1.83. The molecule has 0 aliphatic rings. The van der Waals surface area contributed by atoms with E-state index in [1.165, 1.54) is 12.1 Å². The van der Waals surface area contributed by atoms with Crippen molar-refractivity contribution < 1.29 is 30.0 Å². The Morgan fingerprint density at radius 1 is 1.07 bits per heavy atom. The lowest BCUT2D eigenvalue weighted by Crippen LogP contribution is -2.36. The van der Waals surface area contributed by atoms with Crippen LogP contribution in [0.4, 0.5) is 0 Å². The highest BCUT2D eigenvalue weighted by molar-refractivity contribution is 5.92. The molecule has 0 aliphatic carbocycles. The van der Waals surface area contributed by atoms with Crippen LogP contribution in [0.5, 0.6) is 0 Å². The first kappa shape index (κ1) is 11.2. The van der Waals surface area contributed by atoms with Crippen molar-refractivity contribution in [2.45, 2.75) is 5.79 Å². The van der Waals surface area contributed by atoms with Gasteiger partial charge in [-0.2, -0.15) is 0 Å². The summed E-state index contributed by atoms with van der Waals surface area (Å²) in [5.41, 5.74) is -1.05. The summed E-state index contributed by atoms with van der Waals surface area (Å²) in [5, 5.41) is 35.6. The minimum atomic E-state index is -3.20. The van der Waals surface area contributed by atoms with Gasteiger partial charge in [-0.3, -0.25) is 0 Å². The fourth-order valence-corrected chi connectivity index (χ4v) is 1.09. The van der Waals surface area contributed by atoms with Crippen molar-refractivity contribution in [1.29, 1.82) is 0 Å². The molecule has 1 aromatic carbocycles. The molecule has 0 saturated heterocycles. The number of carboxylic acid groups (broad SMARTS) is 2. The highest BCUT2D eigenvalue weighted by Gasteiger charge is 2.38. The van der Waals surface area contributed by atoms with Gasteiger partial charge in [0.05, 0.1) is 5.56 Å². The number of hydrogen-bond donors (Lipinski definition) is 4. The van der Waals surface area contributed by atoms with Crippen molar-refractivity contribution >= 4 is 11.9 Å². The van der Waals surface area contributed by atoms with Gasteiger partial charge in [-0.1, -0.05) is 18.2 Å². The third kappa shape index (κ3) is 1.95. The number of carboxylic acids is 2. The number of aliphatic hydroxyl groups is 2. The predicted molar refractivity (Wildman–Crippen MR) is 47.2 cm³/mol. The molecule has 6 heteroatoms. The largest absolute Gasteiger partial charge is 0.478 e. The van der Waals surface area contributed by atoms with Crippen molar-refractivity contribution in [3.05, 3.63) is 35.4 Å². The normalized spacial score (nSPS) is 11.1. The second-order valence-corrected chi connectivity index (χ2v) is 2.83. The molecule has 80 valence electrons. The van der Waals surface area contributed by atoms with Crippen LogP contribution in [0.2, 0.25) is 0 Å². The minimum Gasteiger partial charge on any atom is -0.478 e. The second-order valence-electron chi connectivity index (χ2n) is 2.83. The Morgan fingerprint density at radius 2 is 1.60 bits per heavy atom. The maximum Gasteiger partial charge on any atom is 0.369 e.